The van der Waals surface area contributed by atoms with Crippen molar-refractivity contribution in [1.29, 1.82) is 0 Å². The van der Waals surface area contributed by atoms with Gasteiger partial charge in [-0.25, -0.2) is 18.2 Å². The fraction of sp³-hybridized carbons (Fsp3) is 0.241. The number of amides is 1. The van der Waals surface area contributed by atoms with Gasteiger partial charge in [0.2, 0.25) is 0 Å². The number of likely N-dealkylation sites (tertiary alicyclic amines) is 1. The molecule has 0 spiro atoms. The average molecular weight is 547 g/mol. The molecule has 1 amide bonds. The number of carbonyl (C=O) groups excluding carboxylic acids is 1. The summed E-state index contributed by atoms with van der Waals surface area (Å²) in [6.45, 7) is 0.494. The van der Waals surface area contributed by atoms with E-state index >= 15 is 0 Å². The molecular formula is C29H25F3N6O2. The van der Waals surface area contributed by atoms with Gasteiger partial charge in [0.05, 0.1) is 12.1 Å². The molecule has 0 saturated carbocycles. The van der Waals surface area contributed by atoms with Crippen molar-refractivity contribution in [2.24, 2.45) is 4.99 Å². The smallest absolute Gasteiger partial charge is 0.276 e. The third kappa shape index (κ3) is 5.74. The lowest BCUT2D eigenvalue weighted by Crippen LogP contribution is -2.25. The molecule has 2 aromatic carbocycles. The van der Waals surface area contributed by atoms with Crippen molar-refractivity contribution in [3.63, 3.8) is 0 Å². The molecule has 6 rings (SSSR count). The first-order valence-electron chi connectivity index (χ1n) is 12.8. The number of nitrogens with zero attached hydrogens (tertiary/aromatic N) is 4. The normalized spacial score (nSPS) is 17.0. The molecule has 0 atom stereocenters. The van der Waals surface area contributed by atoms with E-state index in [1.807, 2.05) is 24.3 Å². The second-order valence-electron chi connectivity index (χ2n) is 9.92. The van der Waals surface area contributed by atoms with Crippen LogP contribution in [0.1, 0.15) is 35.3 Å². The number of H-pyrrole nitrogens is 1. The number of aromatic amines is 1. The molecule has 0 bridgehead atoms. The van der Waals surface area contributed by atoms with E-state index < -0.39 is 5.92 Å². The molecule has 1 fully saturated rings. The lowest BCUT2D eigenvalue weighted by atomic mass is 10.0. The van der Waals surface area contributed by atoms with Crippen LogP contribution in [0.25, 0.3) is 22.0 Å². The van der Waals surface area contributed by atoms with Gasteiger partial charge in [-0.05, 0) is 60.0 Å². The Bertz CT molecular complexity index is 1630. The van der Waals surface area contributed by atoms with E-state index in [1.54, 1.807) is 17.3 Å². The summed E-state index contributed by atoms with van der Waals surface area (Å²) in [5.41, 5.74) is 4.03. The standard InChI is InChI=1S/C29H25F3N6O2/c30-21-2-5-23(6-3-21)40-26-8-4-22(15-34-26)35-28(39)27-24-12-19(1-7-25(24)36-37-27)20-11-18(13-33-14-20)16-38-10-9-29(31,32)17-38/h1-3,5-7,11-15H,4,8-10,16-17H2,(H,35,39)(H,36,37). The molecule has 0 radical (unpaired) electrons. The molecule has 0 unspecified atom stereocenters. The summed E-state index contributed by atoms with van der Waals surface area (Å²) in [5, 5.41) is 10.6. The van der Waals surface area contributed by atoms with Crippen molar-refractivity contribution in [3.05, 3.63) is 89.9 Å². The summed E-state index contributed by atoms with van der Waals surface area (Å²) in [5.74, 6) is -2.42. The number of nitrogens with one attached hydrogen (secondary N) is 2. The molecule has 2 aromatic heterocycles. The van der Waals surface area contributed by atoms with Crippen LogP contribution >= 0.6 is 0 Å². The first kappa shape index (κ1) is 25.8. The summed E-state index contributed by atoms with van der Waals surface area (Å²) in [4.78, 5) is 23.4. The Morgan fingerprint density at radius 3 is 2.67 bits per heavy atom. The number of halogens is 3. The minimum atomic E-state index is -2.64. The van der Waals surface area contributed by atoms with Gasteiger partial charge in [-0.15, -0.1) is 0 Å². The van der Waals surface area contributed by atoms with Crippen molar-refractivity contribution in [3.8, 4) is 16.9 Å². The second kappa shape index (κ2) is 10.6. The number of hydrogen-bond acceptors (Lipinski definition) is 6. The molecule has 204 valence electrons. The Kier molecular flexibility index (Phi) is 6.81. The minimum absolute atomic E-state index is 0.129. The van der Waals surface area contributed by atoms with Crippen LogP contribution in [0, 0.1) is 5.82 Å². The largest absolute Gasteiger partial charge is 0.443 e. The van der Waals surface area contributed by atoms with Gasteiger partial charge in [-0.2, -0.15) is 5.10 Å². The van der Waals surface area contributed by atoms with Crippen LogP contribution in [-0.4, -0.2) is 50.9 Å². The highest BCUT2D eigenvalue weighted by Gasteiger charge is 2.37. The highest BCUT2D eigenvalue weighted by molar-refractivity contribution is 6.06. The maximum atomic E-state index is 13.6. The van der Waals surface area contributed by atoms with Crippen LogP contribution in [-0.2, 0) is 6.54 Å². The fourth-order valence-corrected chi connectivity index (χ4v) is 4.84. The predicted octanol–water partition coefficient (Wildman–Crippen LogP) is 5.45. The number of aliphatic imine (C=N–C) groups is 1. The van der Waals surface area contributed by atoms with Gasteiger partial charge in [0.25, 0.3) is 11.8 Å². The molecule has 11 heteroatoms. The zero-order chi connectivity index (χ0) is 27.7. The monoisotopic (exact) mass is 546 g/mol. The quantitative estimate of drug-likeness (QED) is 0.336. The van der Waals surface area contributed by atoms with Crippen molar-refractivity contribution >= 4 is 22.7 Å². The first-order chi connectivity index (χ1) is 19.3. The van der Waals surface area contributed by atoms with Gasteiger partial charge in [-0.3, -0.25) is 19.8 Å². The van der Waals surface area contributed by atoms with Gasteiger partial charge in [-0.1, -0.05) is 6.07 Å². The van der Waals surface area contributed by atoms with Crippen molar-refractivity contribution in [2.75, 3.05) is 13.1 Å². The van der Waals surface area contributed by atoms with E-state index in [9.17, 15) is 18.0 Å². The topological polar surface area (TPSA) is 95.5 Å². The first-order valence-corrected chi connectivity index (χ1v) is 12.8. The zero-order valence-electron chi connectivity index (χ0n) is 21.3. The molecule has 4 heterocycles. The third-order valence-electron chi connectivity index (χ3n) is 6.86. The van der Waals surface area contributed by atoms with E-state index in [-0.39, 0.29) is 30.4 Å². The summed E-state index contributed by atoms with van der Waals surface area (Å²) >= 11 is 0. The number of fused-ring (bicyclic) bond motifs is 1. The number of aromatic nitrogens is 3. The fourth-order valence-electron chi connectivity index (χ4n) is 4.84. The van der Waals surface area contributed by atoms with E-state index in [0.717, 1.165) is 16.7 Å². The summed E-state index contributed by atoms with van der Waals surface area (Å²) in [7, 11) is 0. The number of benzene rings is 2. The summed E-state index contributed by atoms with van der Waals surface area (Å²) in [6.07, 6.45) is 5.77. The van der Waals surface area contributed by atoms with Gasteiger partial charge in [0.1, 0.15) is 11.6 Å². The van der Waals surface area contributed by atoms with Crippen LogP contribution in [0.5, 0.6) is 5.75 Å². The van der Waals surface area contributed by atoms with E-state index in [1.165, 1.54) is 30.5 Å². The average Bonchev–Trinajstić information content (AvgIpc) is 3.53. The Balaban J connectivity index is 1.16. The summed E-state index contributed by atoms with van der Waals surface area (Å²) < 4.78 is 46.0. The van der Waals surface area contributed by atoms with Crippen molar-refractivity contribution in [1.82, 2.24) is 25.4 Å². The number of rotatable bonds is 6. The Morgan fingerprint density at radius 1 is 1.07 bits per heavy atom. The SMILES string of the molecule is O=C(NC1=CN=C(Oc2ccc(F)cc2)CC1)c1n[nH]c2ccc(-c3cncc(CN4CCC(F)(F)C4)c3)cc12. The second-order valence-corrected chi connectivity index (χ2v) is 9.92. The third-order valence-corrected chi connectivity index (χ3v) is 6.86. The van der Waals surface area contributed by atoms with E-state index in [0.29, 0.717) is 54.2 Å². The van der Waals surface area contributed by atoms with Gasteiger partial charge in [0, 0.05) is 61.2 Å². The molecular weight excluding hydrogens is 521 g/mol. The molecule has 2 aliphatic rings. The lowest BCUT2D eigenvalue weighted by molar-refractivity contribution is 0.0115. The molecule has 2 aliphatic heterocycles. The highest BCUT2D eigenvalue weighted by atomic mass is 19.3. The number of ether oxygens (including phenoxy) is 1. The van der Waals surface area contributed by atoms with E-state index in [4.69, 9.17) is 4.74 Å². The molecule has 0 aliphatic carbocycles. The lowest BCUT2D eigenvalue weighted by Gasteiger charge is -2.16. The van der Waals surface area contributed by atoms with Crippen LogP contribution in [0.15, 0.2) is 77.8 Å². The summed E-state index contributed by atoms with van der Waals surface area (Å²) in [6, 6.07) is 13.2. The molecule has 8 nitrogen and oxygen atoms in total. The molecule has 4 aromatic rings. The van der Waals surface area contributed by atoms with E-state index in [2.05, 4.69) is 25.5 Å². The van der Waals surface area contributed by atoms with Crippen LogP contribution in [0.4, 0.5) is 13.2 Å². The number of carbonyl (C=O) groups is 1. The minimum Gasteiger partial charge on any atom is -0.443 e. The van der Waals surface area contributed by atoms with Crippen LogP contribution in [0.3, 0.4) is 0 Å². The number of pyridine rings is 1. The Morgan fingerprint density at radius 2 is 1.93 bits per heavy atom. The van der Waals surface area contributed by atoms with Crippen molar-refractivity contribution < 1.29 is 22.7 Å². The zero-order valence-corrected chi connectivity index (χ0v) is 21.3. The predicted molar refractivity (Wildman–Crippen MR) is 143 cm³/mol. The van der Waals surface area contributed by atoms with Gasteiger partial charge < -0.3 is 10.1 Å². The van der Waals surface area contributed by atoms with Crippen molar-refractivity contribution in [2.45, 2.75) is 31.7 Å². The van der Waals surface area contributed by atoms with Gasteiger partial charge in [0.15, 0.2) is 11.6 Å². The molecule has 40 heavy (non-hydrogen) atoms. The van der Waals surface area contributed by atoms with Crippen LogP contribution in [0.2, 0.25) is 0 Å². The maximum absolute atomic E-state index is 13.6. The Labute approximate surface area is 227 Å². The van der Waals surface area contributed by atoms with Gasteiger partial charge >= 0.3 is 0 Å². The molecule has 1 saturated heterocycles. The number of hydrogen-bond donors (Lipinski definition) is 2. The highest BCUT2D eigenvalue weighted by Crippen LogP contribution is 2.29. The number of allylic oxidation sites excluding steroid dienone is 1. The Hall–Kier alpha value is -4.51. The molecule has 2 N–H and O–H groups in total. The maximum Gasteiger partial charge on any atom is 0.276 e. The number of alkyl halides is 2. The van der Waals surface area contributed by atoms with Crippen LogP contribution < -0.4 is 10.1 Å².